The van der Waals surface area contributed by atoms with E-state index in [0.717, 1.165) is 11.0 Å². The van der Waals surface area contributed by atoms with Gasteiger partial charge in [-0.25, -0.2) is 18.2 Å². The zero-order valence-electron chi connectivity index (χ0n) is 20.5. The van der Waals surface area contributed by atoms with Crippen LogP contribution >= 0.6 is 0 Å². The van der Waals surface area contributed by atoms with Crippen LogP contribution in [0.15, 0.2) is 28.7 Å². The lowest BCUT2D eigenvalue weighted by atomic mass is 9.86. The first-order chi connectivity index (χ1) is 18.9. The van der Waals surface area contributed by atoms with Crippen molar-refractivity contribution in [2.24, 2.45) is 0 Å². The zero-order chi connectivity index (χ0) is 30.1. The predicted molar refractivity (Wildman–Crippen MR) is 120 cm³/mol. The number of hydrogen-bond donors (Lipinski definition) is 2. The highest BCUT2D eigenvalue weighted by Gasteiger charge is 2.62. The van der Waals surface area contributed by atoms with E-state index in [1.165, 1.54) is 0 Å². The van der Waals surface area contributed by atoms with Crippen LogP contribution in [-0.2, 0) is 18.2 Å². The molecule has 220 valence electrons. The van der Waals surface area contributed by atoms with Crippen molar-refractivity contribution >= 4 is 11.6 Å². The minimum Gasteiger partial charge on any atom is -0.415 e. The number of anilines is 1. The quantitative estimate of drug-likeness (QED) is 0.386. The topological polar surface area (TPSA) is 118 Å². The summed E-state index contributed by atoms with van der Waals surface area (Å²) in [5, 5.41) is 17.3. The second kappa shape index (κ2) is 9.32. The van der Waals surface area contributed by atoms with Gasteiger partial charge in [0.2, 0.25) is 0 Å². The first-order valence-corrected chi connectivity index (χ1v) is 11.9. The van der Waals surface area contributed by atoms with Gasteiger partial charge in [-0.15, -0.1) is 10.2 Å². The van der Waals surface area contributed by atoms with Crippen LogP contribution < -0.4 is 5.73 Å². The molecule has 41 heavy (non-hydrogen) atoms. The van der Waals surface area contributed by atoms with Gasteiger partial charge in [-0.1, -0.05) is 6.07 Å². The van der Waals surface area contributed by atoms with Gasteiger partial charge in [-0.2, -0.15) is 26.3 Å². The van der Waals surface area contributed by atoms with Crippen LogP contribution in [0.1, 0.15) is 52.3 Å². The maximum absolute atomic E-state index is 14.8. The van der Waals surface area contributed by atoms with E-state index in [2.05, 4.69) is 15.2 Å². The molecule has 1 aliphatic carbocycles. The smallest absolute Gasteiger partial charge is 0.415 e. The number of nitrogen functional groups attached to an aromatic ring is 1. The van der Waals surface area contributed by atoms with Gasteiger partial charge >= 0.3 is 12.4 Å². The van der Waals surface area contributed by atoms with E-state index in [1.54, 1.807) is 0 Å². The summed E-state index contributed by atoms with van der Waals surface area (Å²) < 4.78 is 132. The lowest BCUT2D eigenvalue weighted by Crippen LogP contribution is -2.53. The van der Waals surface area contributed by atoms with Crippen LogP contribution in [-0.4, -0.2) is 55.8 Å². The molecule has 1 unspecified atom stereocenters. The number of nitrogens with two attached hydrogens (primary N) is 1. The summed E-state index contributed by atoms with van der Waals surface area (Å²) in [7, 11) is 0. The average Bonchev–Trinajstić information content (AvgIpc) is 3.34. The van der Waals surface area contributed by atoms with Crippen molar-refractivity contribution in [2.45, 2.75) is 55.6 Å². The molecule has 1 amide bonds. The molecule has 0 saturated heterocycles. The zero-order valence-corrected chi connectivity index (χ0v) is 20.5. The molecule has 2 aliphatic rings. The average molecular weight is 595 g/mol. The first kappa shape index (κ1) is 28.6. The van der Waals surface area contributed by atoms with E-state index in [4.69, 9.17) is 10.2 Å². The third-order valence-corrected chi connectivity index (χ3v) is 6.96. The number of fused-ring (bicyclic) bond motifs is 7. The molecular formula is C24H18F9N5O3. The Morgan fingerprint density at radius 3 is 2.34 bits per heavy atom. The van der Waals surface area contributed by atoms with E-state index >= 15 is 0 Å². The molecule has 0 radical (unpaired) electrons. The molecule has 1 aliphatic heterocycles. The van der Waals surface area contributed by atoms with Gasteiger partial charge in [-0.05, 0) is 36.6 Å². The Balaban J connectivity index is 1.75. The number of aryl methyl sites for hydroxylation is 1. The number of rotatable bonds is 1. The summed E-state index contributed by atoms with van der Waals surface area (Å²) in [6.07, 6.45) is -12.9. The molecule has 1 saturated carbocycles. The Hall–Kier alpha value is -3.89. The number of aromatic nitrogens is 3. The number of nitrogens with zero attached hydrogens (tertiary/aromatic N) is 4. The van der Waals surface area contributed by atoms with Crippen molar-refractivity contribution in [3.63, 3.8) is 0 Å². The minimum absolute atomic E-state index is 0.0175. The number of carbonyl (C=O) groups is 1. The molecule has 3 aromatic rings. The van der Waals surface area contributed by atoms with Gasteiger partial charge in [0.25, 0.3) is 29.2 Å². The molecular weight excluding hydrogens is 577 g/mol. The fourth-order valence-electron chi connectivity index (χ4n) is 4.83. The summed E-state index contributed by atoms with van der Waals surface area (Å²) in [4.78, 5) is 17.8. The number of hydrogen-bond acceptors (Lipinski definition) is 7. The molecule has 5 rings (SSSR count). The molecule has 1 atom stereocenters. The fraction of sp³-hybridized carbons (Fsp3) is 0.417. The Morgan fingerprint density at radius 2 is 1.73 bits per heavy atom. The van der Waals surface area contributed by atoms with E-state index in [9.17, 15) is 49.4 Å². The highest BCUT2D eigenvalue weighted by molar-refractivity contribution is 5.95. The third-order valence-electron chi connectivity index (χ3n) is 6.96. The fourth-order valence-corrected chi connectivity index (χ4v) is 4.83. The number of alkyl halides is 8. The van der Waals surface area contributed by atoms with Crippen LogP contribution in [0.2, 0.25) is 0 Å². The van der Waals surface area contributed by atoms with Crippen molar-refractivity contribution in [1.29, 1.82) is 0 Å². The van der Waals surface area contributed by atoms with E-state index in [-0.39, 0.29) is 24.5 Å². The first-order valence-electron chi connectivity index (χ1n) is 11.9. The number of halogens is 9. The van der Waals surface area contributed by atoms with Crippen molar-refractivity contribution in [2.75, 3.05) is 12.3 Å². The van der Waals surface area contributed by atoms with Crippen molar-refractivity contribution in [1.82, 2.24) is 20.1 Å². The lowest BCUT2D eigenvalue weighted by molar-refractivity contribution is -0.256. The standard InChI is InChI=1S/C24H18F9N5O3/c25-14-4-3-10-2-1-5-38(11-8-21(26,27)9-11)19(39)16-13(23(28,29)30)7-15(34)17(35-16)18-36-37-20(41-18)22(40,12(14)6-10)24(31,32)33/h3-4,6-7,11,40H,1-2,5,8-9,34H2. The molecule has 6 bridgehead atoms. The maximum atomic E-state index is 14.8. The molecule has 1 fully saturated rings. The van der Waals surface area contributed by atoms with Crippen LogP contribution in [0, 0.1) is 5.82 Å². The predicted octanol–water partition coefficient (Wildman–Crippen LogP) is 4.86. The summed E-state index contributed by atoms with van der Waals surface area (Å²) >= 11 is 0. The lowest BCUT2D eigenvalue weighted by Gasteiger charge is -2.42. The van der Waals surface area contributed by atoms with Crippen molar-refractivity contribution in [3.05, 3.63) is 58.4 Å². The van der Waals surface area contributed by atoms with Gasteiger partial charge in [-0.3, -0.25) is 4.79 Å². The van der Waals surface area contributed by atoms with Gasteiger partial charge in [0.05, 0.1) is 11.3 Å². The number of pyridine rings is 1. The second-order valence-corrected chi connectivity index (χ2v) is 9.77. The molecule has 8 nitrogen and oxygen atoms in total. The van der Waals surface area contributed by atoms with Gasteiger partial charge in [0.1, 0.15) is 11.5 Å². The van der Waals surface area contributed by atoms with E-state index in [0.29, 0.717) is 12.1 Å². The normalized spacial score (nSPS) is 21.7. The summed E-state index contributed by atoms with van der Waals surface area (Å²) in [6, 6.07) is 1.51. The molecule has 17 heteroatoms. The number of carbonyl (C=O) groups excluding carboxylic acids is 1. The molecule has 3 N–H and O–H groups in total. The Labute approximate surface area is 224 Å². The molecule has 1 aromatic carbocycles. The monoisotopic (exact) mass is 595 g/mol. The Morgan fingerprint density at radius 1 is 1.05 bits per heavy atom. The summed E-state index contributed by atoms with van der Waals surface area (Å²) in [5.74, 6) is -8.68. The number of benzene rings is 1. The van der Waals surface area contributed by atoms with E-state index in [1.807, 2.05) is 0 Å². The maximum Gasteiger partial charge on any atom is 0.430 e. The minimum atomic E-state index is -5.64. The molecule has 3 heterocycles. The molecule has 2 aromatic heterocycles. The summed E-state index contributed by atoms with van der Waals surface area (Å²) in [5.41, 5.74) is -4.45. The van der Waals surface area contributed by atoms with Gasteiger partial charge < -0.3 is 20.2 Å². The van der Waals surface area contributed by atoms with Crippen LogP contribution in [0.4, 0.5) is 45.2 Å². The van der Waals surface area contributed by atoms with Crippen molar-refractivity contribution in [3.8, 4) is 11.6 Å². The van der Waals surface area contributed by atoms with Crippen LogP contribution in [0.5, 0.6) is 0 Å². The second-order valence-electron chi connectivity index (χ2n) is 9.77. The van der Waals surface area contributed by atoms with Crippen molar-refractivity contribution < 1.29 is 53.8 Å². The highest BCUT2D eigenvalue weighted by atomic mass is 19.4. The largest absolute Gasteiger partial charge is 0.430 e. The van der Waals surface area contributed by atoms with Crippen LogP contribution in [0.25, 0.3) is 11.6 Å². The van der Waals surface area contributed by atoms with E-state index < -0.39 is 101 Å². The number of amides is 1. The SMILES string of the molecule is Nc1cc(C(F)(F)F)c2nc1-c1nnc(o1)C(O)(C(F)(F)F)c1cc(ccc1F)CCCN(C1CC(F)(F)C1)C2=O. The Bertz CT molecular complexity index is 1510. The highest BCUT2D eigenvalue weighted by Crippen LogP contribution is 2.46. The van der Waals surface area contributed by atoms with Gasteiger partial charge in [0, 0.05) is 31.0 Å². The third kappa shape index (κ3) is 4.85. The molecule has 0 spiro atoms. The summed E-state index contributed by atoms with van der Waals surface area (Å²) in [6.45, 7) is -0.404. The number of aliphatic hydroxyl groups is 1. The van der Waals surface area contributed by atoms with Gasteiger partial charge in [0.15, 0.2) is 5.69 Å². The Kier molecular flexibility index (Phi) is 6.51. The van der Waals surface area contributed by atoms with Crippen LogP contribution in [0.3, 0.4) is 0 Å².